The summed E-state index contributed by atoms with van der Waals surface area (Å²) in [7, 11) is -4.33. The van der Waals surface area contributed by atoms with Crippen LogP contribution in [0.15, 0.2) is 59.6 Å². The van der Waals surface area contributed by atoms with Gasteiger partial charge in [-0.3, -0.25) is 9.52 Å². The summed E-state index contributed by atoms with van der Waals surface area (Å²) < 4.78 is 70.5. The van der Waals surface area contributed by atoms with Gasteiger partial charge in [-0.15, -0.1) is 0 Å². The maximum absolute atomic E-state index is 13.9. The van der Waals surface area contributed by atoms with Crippen LogP contribution in [0.5, 0.6) is 0 Å². The van der Waals surface area contributed by atoms with E-state index in [1.807, 2.05) is 0 Å². The van der Waals surface area contributed by atoms with Gasteiger partial charge in [-0.05, 0) is 68.4 Å². The van der Waals surface area contributed by atoms with E-state index in [1.165, 1.54) is 12.1 Å². The molecule has 0 unspecified atom stereocenters. The van der Waals surface area contributed by atoms with E-state index in [4.69, 9.17) is 0 Å². The van der Waals surface area contributed by atoms with Crippen molar-refractivity contribution in [3.05, 3.63) is 65.7 Å². The van der Waals surface area contributed by atoms with Crippen LogP contribution in [0, 0.1) is 5.41 Å². The van der Waals surface area contributed by atoms with Crippen molar-refractivity contribution < 1.29 is 31.5 Å². The average Bonchev–Trinajstić information content (AvgIpc) is 3.73. The Morgan fingerprint density at radius 2 is 1.82 bits per heavy atom. The van der Waals surface area contributed by atoms with Crippen molar-refractivity contribution >= 4 is 27.6 Å². The van der Waals surface area contributed by atoms with Crippen LogP contribution in [0.25, 0.3) is 11.3 Å². The summed E-state index contributed by atoms with van der Waals surface area (Å²) in [5.41, 5.74) is -1.22. The van der Waals surface area contributed by atoms with E-state index in [0.717, 1.165) is 30.5 Å². The van der Waals surface area contributed by atoms with Crippen LogP contribution in [-0.4, -0.2) is 42.6 Å². The fourth-order valence-electron chi connectivity index (χ4n) is 4.94. The van der Waals surface area contributed by atoms with Gasteiger partial charge in [0.05, 0.1) is 16.7 Å². The van der Waals surface area contributed by atoms with Crippen molar-refractivity contribution in [1.82, 2.24) is 9.97 Å². The maximum atomic E-state index is 13.9. The number of hydrogen-bond acceptors (Lipinski definition) is 6. The number of anilines is 2. The van der Waals surface area contributed by atoms with E-state index in [9.17, 15) is 31.5 Å². The van der Waals surface area contributed by atoms with Crippen molar-refractivity contribution in [2.24, 2.45) is 5.41 Å². The summed E-state index contributed by atoms with van der Waals surface area (Å²) in [6.07, 6.45) is -1.86. The largest absolute Gasteiger partial charge is 0.481 e. The molecule has 0 amide bonds. The first kappa shape index (κ1) is 26.9. The van der Waals surface area contributed by atoms with Crippen molar-refractivity contribution in [3.63, 3.8) is 0 Å². The Labute approximate surface area is 224 Å². The minimum atomic E-state index is -4.69. The second-order valence-corrected chi connectivity index (χ2v) is 11.9. The number of piperidine rings is 1. The number of sulfonamides is 1. The summed E-state index contributed by atoms with van der Waals surface area (Å²) in [5, 5.41) is 9.25. The number of nitrogens with zero attached hydrogens (tertiary/aromatic N) is 3. The van der Waals surface area contributed by atoms with Gasteiger partial charge in [0, 0.05) is 18.7 Å². The molecule has 3 heterocycles. The minimum Gasteiger partial charge on any atom is -0.481 e. The van der Waals surface area contributed by atoms with Gasteiger partial charge >= 0.3 is 12.1 Å². The molecule has 0 radical (unpaired) electrons. The standard InChI is InChI=1S/C27H27F3N4O4S/c1-26(25(35)36)14-5-15-34(16-26)22-8-4-9-23(32-22)39(37,38)33-21-13-12-20(27(28,29)30)24(31-21)19-7-3-2-6-18(19)17-10-11-17/h2-4,6-9,12-13,17H,5,10-11,14-16H2,1H3,(H,31,33)(H,35,36)/t26-/m0/s1. The highest BCUT2D eigenvalue weighted by molar-refractivity contribution is 7.92. The molecule has 2 aliphatic rings. The quantitative estimate of drug-likeness (QED) is 0.391. The SMILES string of the molecule is C[C@]1(C(=O)O)CCCN(c2cccc(S(=O)(=O)Nc3ccc(C(F)(F)F)c(-c4ccccc4C4CC4)n3)n2)C1. The van der Waals surface area contributed by atoms with E-state index in [1.54, 1.807) is 42.2 Å². The number of hydrogen-bond donors (Lipinski definition) is 2. The van der Waals surface area contributed by atoms with Crippen LogP contribution in [0.4, 0.5) is 24.8 Å². The Kier molecular flexibility index (Phi) is 6.78. The van der Waals surface area contributed by atoms with Gasteiger partial charge < -0.3 is 10.0 Å². The molecule has 1 aliphatic carbocycles. The Balaban J connectivity index is 1.47. The number of aliphatic carboxylic acids is 1. The second-order valence-electron chi connectivity index (χ2n) is 10.3. The number of carboxylic acids is 1. The summed E-state index contributed by atoms with van der Waals surface area (Å²) in [6, 6.07) is 12.9. The number of nitrogens with one attached hydrogen (secondary N) is 1. The fraction of sp³-hybridized carbons (Fsp3) is 0.370. The van der Waals surface area contributed by atoms with Gasteiger partial charge in [0.1, 0.15) is 11.6 Å². The van der Waals surface area contributed by atoms with Crippen LogP contribution in [0.3, 0.4) is 0 Å². The first-order valence-corrected chi connectivity index (χ1v) is 14.0. The topological polar surface area (TPSA) is 112 Å². The third-order valence-electron chi connectivity index (χ3n) is 7.19. The molecular formula is C27H27F3N4O4S. The highest BCUT2D eigenvalue weighted by atomic mass is 32.2. The predicted octanol–water partition coefficient (Wildman–Crippen LogP) is 5.53. The molecule has 1 saturated carbocycles. The lowest BCUT2D eigenvalue weighted by Gasteiger charge is -2.38. The number of rotatable bonds is 7. The smallest absolute Gasteiger partial charge is 0.418 e. The zero-order chi connectivity index (χ0) is 28.0. The van der Waals surface area contributed by atoms with E-state index in [-0.39, 0.29) is 29.0 Å². The van der Waals surface area contributed by atoms with E-state index in [0.29, 0.717) is 30.8 Å². The summed E-state index contributed by atoms with van der Waals surface area (Å²) in [6.45, 7) is 2.31. The molecular weight excluding hydrogens is 533 g/mol. The van der Waals surface area contributed by atoms with Crippen LogP contribution in [0.2, 0.25) is 0 Å². The Morgan fingerprint density at radius 3 is 2.51 bits per heavy atom. The summed E-state index contributed by atoms with van der Waals surface area (Å²) in [4.78, 5) is 21.8. The van der Waals surface area contributed by atoms with E-state index < -0.39 is 33.1 Å². The van der Waals surface area contributed by atoms with E-state index in [2.05, 4.69) is 14.7 Å². The van der Waals surface area contributed by atoms with Crippen molar-refractivity contribution in [2.45, 2.75) is 49.7 Å². The number of benzene rings is 1. The number of pyridine rings is 2. The monoisotopic (exact) mass is 560 g/mol. The highest BCUT2D eigenvalue weighted by Gasteiger charge is 2.39. The molecule has 1 aromatic carbocycles. The number of aromatic nitrogens is 2. The third-order valence-corrected chi connectivity index (χ3v) is 8.45. The minimum absolute atomic E-state index is 0.147. The van der Waals surface area contributed by atoms with Gasteiger partial charge in [0.25, 0.3) is 10.0 Å². The van der Waals surface area contributed by atoms with Crippen molar-refractivity contribution in [2.75, 3.05) is 22.7 Å². The van der Waals surface area contributed by atoms with Crippen LogP contribution >= 0.6 is 0 Å². The zero-order valence-corrected chi connectivity index (χ0v) is 21.9. The molecule has 2 N–H and O–H groups in total. The molecule has 2 aromatic heterocycles. The molecule has 0 bridgehead atoms. The highest BCUT2D eigenvalue weighted by Crippen LogP contribution is 2.46. The molecule has 206 valence electrons. The molecule has 1 saturated heterocycles. The molecule has 12 heteroatoms. The average molecular weight is 561 g/mol. The maximum Gasteiger partial charge on any atom is 0.418 e. The van der Waals surface area contributed by atoms with Crippen LogP contribution < -0.4 is 9.62 Å². The molecule has 5 rings (SSSR count). The lowest BCUT2D eigenvalue weighted by Crippen LogP contribution is -2.46. The van der Waals surface area contributed by atoms with Crippen LogP contribution in [0.1, 0.15) is 49.7 Å². The molecule has 1 atom stereocenters. The second kappa shape index (κ2) is 9.82. The van der Waals surface area contributed by atoms with Crippen LogP contribution in [-0.2, 0) is 21.0 Å². The Morgan fingerprint density at radius 1 is 1.08 bits per heavy atom. The Bertz CT molecular complexity index is 1530. The van der Waals surface area contributed by atoms with Crippen molar-refractivity contribution in [1.29, 1.82) is 0 Å². The Hall–Kier alpha value is -3.67. The lowest BCUT2D eigenvalue weighted by atomic mass is 9.82. The normalized spacial score (nSPS) is 20.1. The fourth-order valence-corrected chi connectivity index (χ4v) is 5.91. The van der Waals surface area contributed by atoms with Gasteiger partial charge in [-0.25, -0.2) is 9.97 Å². The first-order chi connectivity index (χ1) is 18.4. The lowest BCUT2D eigenvalue weighted by molar-refractivity contribution is -0.148. The number of carboxylic acid groups (broad SMARTS) is 1. The molecule has 1 aliphatic heterocycles. The number of alkyl halides is 3. The van der Waals surface area contributed by atoms with Gasteiger partial charge in [-0.2, -0.15) is 21.6 Å². The molecule has 0 spiro atoms. The van der Waals surface area contributed by atoms with E-state index >= 15 is 0 Å². The number of halogens is 3. The third kappa shape index (κ3) is 5.56. The summed E-state index contributed by atoms with van der Waals surface area (Å²) in [5.74, 6) is -0.768. The predicted molar refractivity (Wildman–Crippen MR) is 139 cm³/mol. The molecule has 8 nitrogen and oxygen atoms in total. The van der Waals surface area contributed by atoms with Gasteiger partial charge in [0.15, 0.2) is 5.03 Å². The van der Waals surface area contributed by atoms with Gasteiger partial charge in [0.2, 0.25) is 0 Å². The summed E-state index contributed by atoms with van der Waals surface area (Å²) >= 11 is 0. The molecule has 3 aromatic rings. The van der Waals surface area contributed by atoms with Gasteiger partial charge in [-0.1, -0.05) is 30.3 Å². The van der Waals surface area contributed by atoms with Crippen molar-refractivity contribution in [3.8, 4) is 11.3 Å². The zero-order valence-electron chi connectivity index (χ0n) is 21.1. The molecule has 39 heavy (non-hydrogen) atoms. The molecule has 2 fully saturated rings. The number of carbonyl (C=O) groups is 1. The first-order valence-electron chi connectivity index (χ1n) is 12.5.